The van der Waals surface area contributed by atoms with Crippen LogP contribution < -0.4 is 0 Å². The normalized spacial score (nSPS) is 10.7. The topological polar surface area (TPSA) is 30.2 Å². The van der Waals surface area contributed by atoms with Gasteiger partial charge in [0.05, 0.1) is 4.90 Å². The predicted molar refractivity (Wildman–Crippen MR) is 101 cm³/mol. The van der Waals surface area contributed by atoms with Gasteiger partial charge in [0.15, 0.2) is 5.76 Å². The van der Waals surface area contributed by atoms with Crippen LogP contribution in [0.1, 0.15) is 16.1 Å². The van der Waals surface area contributed by atoms with Crippen LogP contribution in [-0.4, -0.2) is 12.0 Å². The number of ketones is 1. The fraction of sp³-hybridized carbons (Fsp3) is 0.0556. The molecule has 0 bridgehead atoms. The third-order valence-corrected chi connectivity index (χ3v) is 5.15. The van der Waals surface area contributed by atoms with Crippen molar-refractivity contribution in [2.75, 3.05) is 6.26 Å². The molecule has 3 aromatic rings. The molecule has 3 rings (SSSR count). The van der Waals surface area contributed by atoms with Crippen molar-refractivity contribution in [3.8, 4) is 11.3 Å². The second-order valence-electron chi connectivity index (χ2n) is 4.85. The van der Waals surface area contributed by atoms with Gasteiger partial charge < -0.3 is 4.42 Å². The highest BCUT2D eigenvalue weighted by Gasteiger charge is 2.19. The number of rotatable bonds is 4. The number of furan rings is 1. The summed E-state index contributed by atoms with van der Waals surface area (Å²) in [6.45, 7) is 0. The molecule has 2 nitrogen and oxygen atoms in total. The largest absolute Gasteiger partial charge is 0.451 e. The van der Waals surface area contributed by atoms with Crippen molar-refractivity contribution in [3.05, 3.63) is 74.9 Å². The second kappa shape index (κ2) is 7.07. The molecule has 0 aliphatic carbocycles. The predicted octanol–water partition coefficient (Wildman–Crippen LogP) is 6.42. The van der Waals surface area contributed by atoms with Crippen LogP contribution >= 0.6 is 43.6 Å². The quantitative estimate of drug-likeness (QED) is 0.338. The minimum atomic E-state index is -0.115. The highest BCUT2D eigenvalue weighted by Crippen LogP contribution is 2.34. The van der Waals surface area contributed by atoms with Crippen molar-refractivity contribution in [2.45, 2.75) is 4.90 Å². The van der Waals surface area contributed by atoms with Crippen LogP contribution in [0.2, 0.25) is 0 Å². The lowest BCUT2D eigenvalue weighted by atomic mass is 10.1. The summed E-state index contributed by atoms with van der Waals surface area (Å²) in [5, 5.41) is 0. The first-order valence-corrected chi connectivity index (χ1v) is 9.63. The van der Waals surface area contributed by atoms with Crippen LogP contribution in [0.25, 0.3) is 11.3 Å². The summed E-state index contributed by atoms with van der Waals surface area (Å²) in [7, 11) is 0. The van der Waals surface area contributed by atoms with E-state index in [0.29, 0.717) is 11.3 Å². The number of carbonyl (C=O) groups is 1. The molecule has 0 N–H and O–H groups in total. The van der Waals surface area contributed by atoms with Gasteiger partial charge in [0.1, 0.15) is 5.76 Å². The Balaban J connectivity index is 2.00. The molecule has 5 heteroatoms. The number of halogens is 2. The summed E-state index contributed by atoms with van der Waals surface area (Å²) >= 11 is 8.36. The molecule has 0 fully saturated rings. The Bertz CT molecular complexity index is 836. The molecule has 0 saturated carbocycles. The van der Waals surface area contributed by atoms with Crippen molar-refractivity contribution < 1.29 is 9.21 Å². The molecule has 0 spiro atoms. The lowest BCUT2D eigenvalue weighted by Crippen LogP contribution is -1.98. The average molecular weight is 452 g/mol. The van der Waals surface area contributed by atoms with E-state index in [1.54, 1.807) is 23.9 Å². The van der Waals surface area contributed by atoms with Crippen LogP contribution in [-0.2, 0) is 0 Å². The molecule has 23 heavy (non-hydrogen) atoms. The summed E-state index contributed by atoms with van der Waals surface area (Å²) in [6.07, 6.45) is 1.97. The van der Waals surface area contributed by atoms with E-state index in [-0.39, 0.29) is 5.78 Å². The number of hydrogen-bond acceptors (Lipinski definition) is 3. The zero-order valence-corrected chi connectivity index (χ0v) is 16.2. The molecule has 0 radical (unpaired) electrons. The molecular weight excluding hydrogens is 440 g/mol. The van der Waals surface area contributed by atoms with Crippen LogP contribution in [0.5, 0.6) is 0 Å². The lowest BCUT2D eigenvalue weighted by Gasteiger charge is -2.00. The van der Waals surface area contributed by atoms with Crippen molar-refractivity contribution in [1.29, 1.82) is 0 Å². The SMILES string of the molecule is CSc1cc(C(=O)c2ccc(Br)cc2)oc1-c1ccc(Br)cc1. The van der Waals surface area contributed by atoms with Crippen molar-refractivity contribution in [3.63, 3.8) is 0 Å². The maximum Gasteiger partial charge on any atom is 0.228 e. The zero-order chi connectivity index (χ0) is 16.4. The molecule has 0 amide bonds. The summed E-state index contributed by atoms with van der Waals surface area (Å²) in [5.41, 5.74) is 1.56. The van der Waals surface area contributed by atoms with Gasteiger partial charge in [0, 0.05) is 26.1 Å². The van der Waals surface area contributed by atoms with E-state index < -0.39 is 0 Å². The maximum absolute atomic E-state index is 12.6. The van der Waals surface area contributed by atoms with Gasteiger partial charge in [-0.25, -0.2) is 0 Å². The Labute approximate surface area is 155 Å². The van der Waals surface area contributed by atoms with Crippen LogP contribution in [0.4, 0.5) is 0 Å². The van der Waals surface area contributed by atoms with Crippen LogP contribution in [0.15, 0.2) is 72.9 Å². The molecule has 1 heterocycles. The highest BCUT2D eigenvalue weighted by atomic mass is 79.9. The molecule has 0 saturated heterocycles. The summed E-state index contributed by atoms with van der Waals surface area (Å²) in [6, 6.07) is 16.9. The molecule has 0 unspecified atom stereocenters. The van der Waals surface area contributed by atoms with Gasteiger partial charge in [-0.2, -0.15) is 0 Å². The Kier molecular flexibility index (Phi) is 5.09. The van der Waals surface area contributed by atoms with E-state index in [2.05, 4.69) is 31.9 Å². The third-order valence-electron chi connectivity index (χ3n) is 3.35. The molecular formula is C18H12Br2O2S. The fourth-order valence-corrected chi connectivity index (χ4v) is 3.28. The smallest absolute Gasteiger partial charge is 0.228 e. The molecule has 116 valence electrons. The fourth-order valence-electron chi connectivity index (χ4n) is 2.18. The van der Waals surface area contributed by atoms with Gasteiger partial charge in [0.2, 0.25) is 5.78 Å². The van der Waals surface area contributed by atoms with Crippen molar-refractivity contribution in [1.82, 2.24) is 0 Å². The van der Waals surface area contributed by atoms with E-state index in [9.17, 15) is 4.79 Å². The second-order valence-corrected chi connectivity index (χ2v) is 7.53. The van der Waals surface area contributed by atoms with E-state index in [4.69, 9.17) is 4.42 Å². The first kappa shape index (κ1) is 16.6. The minimum Gasteiger partial charge on any atom is -0.451 e. The summed E-state index contributed by atoms with van der Waals surface area (Å²) in [4.78, 5) is 13.6. The Morgan fingerprint density at radius 1 is 0.957 bits per heavy atom. The first-order valence-electron chi connectivity index (χ1n) is 6.82. The molecule has 0 aliphatic heterocycles. The number of thioether (sulfide) groups is 1. The first-order chi connectivity index (χ1) is 11.1. The average Bonchev–Trinajstić information content (AvgIpc) is 3.00. The maximum atomic E-state index is 12.6. The van der Waals surface area contributed by atoms with Gasteiger partial charge in [-0.3, -0.25) is 4.79 Å². The highest BCUT2D eigenvalue weighted by molar-refractivity contribution is 9.10. The van der Waals surface area contributed by atoms with Gasteiger partial charge in [-0.15, -0.1) is 11.8 Å². The number of carbonyl (C=O) groups excluding carboxylic acids is 1. The Morgan fingerprint density at radius 3 is 2.09 bits per heavy atom. The lowest BCUT2D eigenvalue weighted by molar-refractivity contribution is 0.101. The Hall–Kier alpha value is -1.30. The van der Waals surface area contributed by atoms with Crippen molar-refractivity contribution in [2.24, 2.45) is 0 Å². The van der Waals surface area contributed by atoms with Gasteiger partial charge in [-0.05, 0) is 42.7 Å². The summed E-state index contributed by atoms with van der Waals surface area (Å²) in [5.74, 6) is 0.969. The van der Waals surface area contributed by atoms with Crippen LogP contribution in [0.3, 0.4) is 0 Å². The minimum absolute atomic E-state index is 0.115. The molecule has 2 aromatic carbocycles. The molecule has 0 atom stereocenters. The molecule has 1 aromatic heterocycles. The van der Waals surface area contributed by atoms with E-state index >= 15 is 0 Å². The van der Waals surface area contributed by atoms with E-state index in [1.165, 1.54) is 0 Å². The third kappa shape index (κ3) is 3.62. The Morgan fingerprint density at radius 2 is 1.52 bits per heavy atom. The number of benzene rings is 2. The van der Waals surface area contributed by atoms with Gasteiger partial charge >= 0.3 is 0 Å². The van der Waals surface area contributed by atoms with E-state index in [1.807, 2.05) is 48.7 Å². The van der Waals surface area contributed by atoms with Gasteiger partial charge in [-0.1, -0.05) is 44.0 Å². The van der Waals surface area contributed by atoms with Crippen LogP contribution in [0, 0.1) is 0 Å². The van der Waals surface area contributed by atoms with E-state index in [0.717, 1.165) is 25.2 Å². The standard InChI is InChI=1S/C18H12Br2O2S/c1-23-16-10-15(17(21)11-2-6-13(19)7-3-11)22-18(16)12-4-8-14(20)9-5-12/h2-10H,1H3. The number of hydrogen-bond donors (Lipinski definition) is 0. The zero-order valence-electron chi connectivity index (χ0n) is 12.2. The summed E-state index contributed by atoms with van der Waals surface area (Å²) < 4.78 is 7.82. The monoisotopic (exact) mass is 450 g/mol. The van der Waals surface area contributed by atoms with Gasteiger partial charge in [0.25, 0.3) is 0 Å². The molecule has 0 aliphatic rings. The van der Waals surface area contributed by atoms with Crippen molar-refractivity contribution >= 4 is 49.4 Å².